The quantitative estimate of drug-likeness (QED) is 0.504. The summed E-state index contributed by atoms with van der Waals surface area (Å²) in [7, 11) is 0. The number of rotatable bonds is 4. The van der Waals surface area contributed by atoms with E-state index in [0.717, 1.165) is 22.5 Å². The number of benzene rings is 3. The van der Waals surface area contributed by atoms with E-state index in [-0.39, 0.29) is 0 Å². The standard InChI is InChI=1S/C23H21N/c1-17(2)16-23(24-18(3)19-10-5-4-6-11-19)22-15-9-13-20-12-7-8-14-21(20)22/h4-16H,3H2,1-2H3. The van der Waals surface area contributed by atoms with Gasteiger partial charge in [-0.2, -0.15) is 0 Å². The van der Waals surface area contributed by atoms with Crippen LogP contribution >= 0.6 is 0 Å². The van der Waals surface area contributed by atoms with E-state index in [2.05, 4.69) is 69.0 Å². The van der Waals surface area contributed by atoms with Crippen molar-refractivity contribution < 1.29 is 0 Å². The zero-order chi connectivity index (χ0) is 16.9. The van der Waals surface area contributed by atoms with Crippen molar-refractivity contribution in [2.75, 3.05) is 0 Å². The summed E-state index contributed by atoms with van der Waals surface area (Å²) < 4.78 is 0. The monoisotopic (exact) mass is 311 g/mol. The Morgan fingerprint density at radius 2 is 1.50 bits per heavy atom. The molecule has 0 N–H and O–H groups in total. The van der Waals surface area contributed by atoms with Gasteiger partial charge >= 0.3 is 0 Å². The summed E-state index contributed by atoms with van der Waals surface area (Å²) in [5, 5.41) is 2.42. The maximum Gasteiger partial charge on any atom is 0.0714 e. The Labute approximate surface area is 143 Å². The third kappa shape index (κ3) is 3.52. The molecule has 0 bridgehead atoms. The van der Waals surface area contributed by atoms with Gasteiger partial charge in [0.05, 0.1) is 11.4 Å². The van der Waals surface area contributed by atoms with Gasteiger partial charge in [-0.05, 0) is 36.3 Å². The number of hydrogen-bond acceptors (Lipinski definition) is 1. The van der Waals surface area contributed by atoms with E-state index < -0.39 is 0 Å². The van der Waals surface area contributed by atoms with Gasteiger partial charge in [0.1, 0.15) is 0 Å². The Hall–Kier alpha value is -2.93. The molecule has 0 spiro atoms. The van der Waals surface area contributed by atoms with Crippen molar-refractivity contribution in [2.24, 2.45) is 4.99 Å². The minimum Gasteiger partial charge on any atom is -0.248 e. The molecular weight excluding hydrogens is 290 g/mol. The topological polar surface area (TPSA) is 12.4 Å². The van der Waals surface area contributed by atoms with Crippen molar-refractivity contribution >= 4 is 22.2 Å². The molecule has 0 aliphatic carbocycles. The van der Waals surface area contributed by atoms with E-state index in [0.29, 0.717) is 0 Å². The van der Waals surface area contributed by atoms with Crippen LogP contribution in [0, 0.1) is 0 Å². The molecule has 24 heavy (non-hydrogen) atoms. The summed E-state index contributed by atoms with van der Waals surface area (Å²) in [5.41, 5.74) is 5.10. The number of aliphatic imine (C=N–C) groups is 1. The first-order valence-corrected chi connectivity index (χ1v) is 8.11. The fraction of sp³-hybridized carbons (Fsp3) is 0.0870. The first-order valence-electron chi connectivity index (χ1n) is 8.11. The summed E-state index contributed by atoms with van der Waals surface area (Å²) >= 11 is 0. The van der Waals surface area contributed by atoms with Crippen LogP contribution in [-0.4, -0.2) is 5.71 Å². The van der Waals surface area contributed by atoms with Crippen molar-refractivity contribution in [2.45, 2.75) is 13.8 Å². The Morgan fingerprint density at radius 1 is 0.833 bits per heavy atom. The summed E-state index contributed by atoms with van der Waals surface area (Å²) in [6.07, 6.45) is 2.12. The van der Waals surface area contributed by atoms with Crippen LogP contribution in [0.4, 0.5) is 0 Å². The molecule has 118 valence electrons. The molecule has 3 aromatic carbocycles. The Balaban J connectivity index is 2.15. The predicted octanol–water partition coefficient (Wildman–Crippen LogP) is 6.27. The lowest BCUT2D eigenvalue weighted by atomic mass is 9.99. The van der Waals surface area contributed by atoms with Gasteiger partial charge in [-0.25, -0.2) is 4.99 Å². The van der Waals surface area contributed by atoms with Crippen LogP contribution in [-0.2, 0) is 0 Å². The molecule has 1 heteroatoms. The number of fused-ring (bicyclic) bond motifs is 1. The molecule has 0 atom stereocenters. The summed E-state index contributed by atoms with van der Waals surface area (Å²) in [4.78, 5) is 4.85. The van der Waals surface area contributed by atoms with Crippen LogP contribution in [0.5, 0.6) is 0 Å². The fourth-order valence-corrected chi connectivity index (χ4v) is 2.73. The van der Waals surface area contributed by atoms with Gasteiger partial charge in [-0.15, -0.1) is 0 Å². The first kappa shape index (κ1) is 15.9. The average Bonchev–Trinajstić information content (AvgIpc) is 2.61. The Morgan fingerprint density at radius 3 is 2.25 bits per heavy atom. The van der Waals surface area contributed by atoms with Gasteiger partial charge in [0.25, 0.3) is 0 Å². The third-order valence-corrected chi connectivity index (χ3v) is 3.85. The maximum atomic E-state index is 4.85. The van der Waals surface area contributed by atoms with Crippen molar-refractivity contribution in [3.8, 4) is 0 Å². The van der Waals surface area contributed by atoms with E-state index in [9.17, 15) is 0 Å². The average molecular weight is 311 g/mol. The van der Waals surface area contributed by atoms with Crippen molar-refractivity contribution in [1.29, 1.82) is 0 Å². The molecule has 0 aliphatic rings. The first-order chi connectivity index (χ1) is 11.6. The second kappa shape index (κ2) is 7.10. The van der Waals surface area contributed by atoms with Crippen LogP contribution in [0.3, 0.4) is 0 Å². The van der Waals surface area contributed by atoms with E-state index in [1.54, 1.807) is 0 Å². The molecule has 1 nitrogen and oxygen atoms in total. The van der Waals surface area contributed by atoms with Gasteiger partial charge in [0.2, 0.25) is 0 Å². The fourth-order valence-electron chi connectivity index (χ4n) is 2.73. The van der Waals surface area contributed by atoms with E-state index in [4.69, 9.17) is 4.99 Å². The molecule has 3 rings (SSSR count). The number of nitrogens with zero attached hydrogens (tertiary/aromatic N) is 1. The zero-order valence-electron chi connectivity index (χ0n) is 14.2. The lowest BCUT2D eigenvalue weighted by molar-refractivity contribution is 1.39. The van der Waals surface area contributed by atoms with Crippen molar-refractivity contribution in [3.63, 3.8) is 0 Å². The predicted molar refractivity (Wildman–Crippen MR) is 105 cm³/mol. The van der Waals surface area contributed by atoms with Gasteiger partial charge in [0.15, 0.2) is 0 Å². The third-order valence-electron chi connectivity index (χ3n) is 3.85. The largest absolute Gasteiger partial charge is 0.248 e. The van der Waals surface area contributed by atoms with Gasteiger partial charge in [0, 0.05) is 5.56 Å². The molecular formula is C23H21N. The SMILES string of the molecule is C=C(N=C(C=C(C)C)c1cccc2ccccc12)c1ccccc1. The molecule has 0 unspecified atom stereocenters. The van der Waals surface area contributed by atoms with Gasteiger partial charge in [-0.1, -0.05) is 84.9 Å². The van der Waals surface area contributed by atoms with Crippen molar-refractivity contribution in [1.82, 2.24) is 0 Å². The van der Waals surface area contributed by atoms with Crippen molar-refractivity contribution in [3.05, 3.63) is 102 Å². The highest BCUT2D eigenvalue weighted by atomic mass is 14.8. The lowest BCUT2D eigenvalue weighted by Gasteiger charge is -2.09. The molecule has 0 heterocycles. The van der Waals surface area contributed by atoms with Crippen LogP contribution in [0.1, 0.15) is 25.0 Å². The minimum atomic E-state index is 0.774. The van der Waals surface area contributed by atoms with Gasteiger partial charge in [-0.3, -0.25) is 0 Å². The molecule has 0 radical (unpaired) electrons. The van der Waals surface area contributed by atoms with Crippen LogP contribution in [0.2, 0.25) is 0 Å². The van der Waals surface area contributed by atoms with E-state index in [1.807, 2.05) is 30.3 Å². The zero-order valence-corrected chi connectivity index (χ0v) is 14.2. The number of allylic oxidation sites excluding steroid dienone is 2. The van der Waals surface area contributed by atoms with Crippen LogP contribution in [0.25, 0.3) is 16.5 Å². The molecule has 0 amide bonds. The van der Waals surface area contributed by atoms with E-state index in [1.165, 1.54) is 16.3 Å². The normalized spacial score (nSPS) is 11.3. The highest BCUT2D eigenvalue weighted by molar-refractivity contribution is 6.18. The second-order valence-corrected chi connectivity index (χ2v) is 6.06. The maximum absolute atomic E-state index is 4.85. The molecule has 0 saturated heterocycles. The van der Waals surface area contributed by atoms with Gasteiger partial charge < -0.3 is 0 Å². The molecule has 0 aliphatic heterocycles. The second-order valence-electron chi connectivity index (χ2n) is 6.06. The smallest absolute Gasteiger partial charge is 0.0714 e. The van der Waals surface area contributed by atoms with E-state index >= 15 is 0 Å². The highest BCUT2D eigenvalue weighted by Gasteiger charge is 2.07. The molecule has 0 aromatic heterocycles. The number of hydrogen-bond donors (Lipinski definition) is 0. The lowest BCUT2D eigenvalue weighted by Crippen LogP contribution is -2.00. The van der Waals surface area contributed by atoms with Crippen LogP contribution in [0.15, 0.2) is 96.0 Å². The summed E-state index contributed by atoms with van der Waals surface area (Å²) in [5.74, 6) is 0. The molecule has 0 saturated carbocycles. The Kier molecular flexibility index (Phi) is 4.72. The van der Waals surface area contributed by atoms with Crippen LogP contribution < -0.4 is 0 Å². The Bertz CT molecular complexity index is 921. The minimum absolute atomic E-state index is 0.774. The molecule has 0 fully saturated rings. The summed E-state index contributed by atoms with van der Waals surface area (Å²) in [6.45, 7) is 8.34. The molecule has 3 aromatic rings. The summed E-state index contributed by atoms with van der Waals surface area (Å²) in [6, 6.07) is 24.8. The highest BCUT2D eigenvalue weighted by Crippen LogP contribution is 2.22.